The minimum Gasteiger partial charge on any atom is -0.358 e. The van der Waals surface area contributed by atoms with Crippen LogP contribution >= 0.6 is 0 Å². The van der Waals surface area contributed by atoms with Crippen LogP contribution in [-0.4, -0.2) is 8.41 Å². The Hall–Kier alpha value is 2.27. The van der Waals surface area contributed by atoms with Crippen molar-refractivity contribution in [3.8, 4) is 0 Å². The van der Waals surface area contributed by atoms with Crippen molar-refractivity contribution in [1.82, 2.24) is 0 Å². The molecule has 0 aromatic carbocycles. The first-order valence-corrected chi connectivity index (χ1v) is 4.41. The molecular weight excluding hydrogens is 357 g/mol. The summed E-state index contributed by atoms with van der Waals surface area (Å²) in [6, 6.07) is 0. The van der Waals surface area contributed by atoms with E-state index in [0.717, 1.165) is 0 Å². The summed E-state index contributed by atoms with van der Waals surface area (Å²) in [5, 5.41) is 0. The number of hydrogen-bond acceptors (Lipinski definition) is 0. The van der Waals surface area contributed by atoms with Gasteiger partial charge in [0.1, 0.15) is 0 Å². The first-order valence-electron chi connectivity index (χ1n) is 4.41. The third-order valence-corrected chi connectivity index (χ3v) is 0. The van der Waals surface area contributed by atoms with Crippen LogP contribution in [0.4, 0.5) is 0 Å². The summed E-state index contributed by atoms with van der Waals surface area (Å²) in [6.45, 7) is 16.8. The van der Waals surface area contributed by atoms with Crippen LogP contribution in [0, 0.1) is 26.7 Å². The molecule has 0 aliphatic rings. The van der Waals surface area contributed by atoms with Gasteiger partial charge in [-0.05, 0) is 0 Å². The second kappa shape index (κ2) is 63.4. The molecule has 0 nitrogen and oxygen atoms in total. The maximum Gasteiger partial charge on any atom is 0 e. The van der Waals surface area contributed by atoms with Crippen molar-refractivity contribution in [2.24, 2.45) is 0 Å². The average Bonchev–Trinajstić information content (AvgIpc) is 1.60. The van der Waals surface area contributed by atoms with Gasteiger partial charge in [0.15, 0.2) is 0 Å². The Kier molecular flexibility index (Phi) is 227. The van der Waals surface area contributed by atoms with Gasteiger partial charge >= 0.3 is 0 Å². The Labute approximate surface area is 169 Å². The standard InChI is InChI=1S/2C4H9.C3H8.CH4.2CH3.B.2Y.H2/c2*1-4(2)3;1-3-2;;;;;;;/h2*1-3H3;3H2,1-2H3;1H4;2*1H3;;;;1H/q2*-1;;;2*-1;;;;/i;;;;;;;;;1+1. The fraction of sp³-hybridized carbons (Fsp3) is 0.714. The number of rotatable bonds is 0. The molecule has 0 aromatic rings. The van der Waals surface area contributed by atoms with Gasteiger partial charge in [-0.2, -0.15) is 41.5 Å². The van der Waals surface area contributed by atoms with Gasteiger partial charge in [0, 0.05) is 75.3 Å². The van der Waals surface area contributed by atoms with Gasteiger partial charge in [-0.25, -0.2) is 0 Å². The van der Waals surface area contributed by atoms with Gasteiger partial charge in [0.2, 0.25) is 0 Å². The first kappa shape index (κ1) is 61.0. The van der Waals surface area contributed by atoms with Gasteiger partial charge in [-0.1, -0.05) is 27.7 Å². The fourth-order valence-corrected chi connectivity index (χ4v) is 0. The van der Waals surface area contributed by atoms with Crippen molar-refractivity contribution >= 4 is 8.41 Å². The summed E-state index contributed by atoms with van der Waals surface area (Å²) in [5.74, 6) is 2.83. The molecule has 107 valence electrons. The van der Waals surface area contributed by atoms with Crippen molar-refractivity contribution in [1.29, 1.82) is 0 Å². The van der Waals surface area contributed by atoms with Crippen LogP contribution in [0.2, 0.25) is 0 Å². The van der Waals surface area contributed by atoms with E-state index in [2.05, 4.69) is 55.4 Å². The van der Waals surface area contributed by atoms with E-state index in [1.807, 2.05) is 0 Å². The van der Waals surface area contributed by atoms with E-state index in [0.29, 0.717) is 0 Å². The summed E-state index contributed by atoms with van der Waals surface area (Å²) in [6.07, 6.45) is 1.25. The molecule has 0 aromatic heterocycles. The largest absolute Gasteiger partial charge is 0.358 e. The molecular formula is C14H38BY2-4. The van der Waals surface area contributed by atoms with Crippen LogP contribution in [0.25, 0.3) is 0 Å². The molecule has 0 rings (SSSR count). The zero-order valence-corrected chi connectivity index (χ0v) is 19.1. The topological polar surface area (TPSA) is 0 Å². The smallest absolute Gasteiger partial charge is 0 e. The molecule has 0 atom stereocenters. The average molecular weight is 396 g/mol. The van der Waals surface area contributed by atoms with Crippen LogP contribution in [0.1, 0.15) is 70.7 Å². The zero-order valence-electron chi connectivity index (χ0n) is 13.4. The van der Waals surface area contributed by atoms with E-state index in [-0.39, 0.29) is 97.5 Å². The van der Waals surface area contributed by atoms with Crippen molar-refractivity contribution in [2.45, 2.75) is 69.2 Å². The zero-order chi connectivity index (χ0) is 9.86. The van der Waals surface area contributed by atoms with Crippen LogP contribution < -0.4 is 0 Å². The van der Waals surface area contributed by atoms with Gasteiger partial charge in [0.25, 0.3) is 0 Å². The summed E-state index contributed by atoms with van der Waals surface area (Å²) >= 11 is 0. The third-order valence-electron chi connectivity index (χ3n) is 0. The molecule has 5 radical (unpaired) electrons. The molecule has 3 heteroatoms. The molecule has 0 aliphatic heterocycles. The summed E-state index contributed by atoms with van der Waals surface area (Å²) in [5.41, 5.74) is 0. The maximum atomic E-state index is 2.12. The quantitative estimate of drug-likeness (QED) is 0.345. The van der Waals surface area contributed by atoms with Crippen molar-refractivity contribution in [3.63, 3.8) is 0 Å². The van der Waals surface area contributed by atoms with Gasteiger partial charge < -0.3 is 26.7 Å². The Balaban J connectivity index is -0.00000000562. The van der Waals surface area contributed by atoms with Gasteiger partial charge in [-0.15, -0.1) is 0 Å². The summed E-state index contributed by atoms with van der Waals surface area (Å²) in [7, 11) is 0. The summed E-state index contributed by atoms with van der Waals surface area (Å²) < 4.78 is 0. The van der Waals surface area contributed by atoms with Crippen LogP contribution in [0.5, 0.6) is 0 Å². The molecule has 0 aliphatic carbocycles. The first-order chi connectivity index (χ1) is 4.88. The van der Waals surface area contributed by atoms with E-state index < -0.39 is 0 Å². The minimum absolute atomic E-state index is 0. The molecule has 0 heterocycles. The SMILES string of the molecule is C.CCC.C[C-](C)C.C[C-](C)C.[2HH].[B].[CH3-].[CH3-].[Y].[Y]. The minimum atomic E-state index is 0. The van der Waals surface area contributed by atoms with Crippen LogP contribution in [-0.2, 0) is 65.4 Å². The predicted molar refractivity (Wildman–Crippen MR) is 83.9 cm³/mol. The summed E-state index contributed by atoms with van der Waals surface area (Å²) in [4.78, 5) is 0. The molecule has 0 N–H and O–H groups in total. The van der Waals surface area contributed by atoms with E-state index in [4.69, 9.17) is 0 Å². The molecule has 0 saturated heterocycles. The second-order valence-corrected chi connectivity index (χ2v) is 3.71. The molecule has 0 bridgehead atoms. The van der Waals surface area contributed by atoms with E-state index in [1.165, 1.54) is 18.3 Å². The molecule has 17 heavy (non-hydrogen) atoms. The predicted octanol–water partition coefficient (Wildman–Crippen LogP) is 6.05. The molecule has 0 amide bonds. The molecule has 0 saturated carbocycles. The van der Waals surface area contributed by atoms with Crippen LogP contribution in [0.15, 0.2) is 0 Å². The Morgan fingerprint density at radius 2 is 0.706 bits per heavy atom. The van der Waals surface area contributed by atoms with Gasteiger partial charge in [-0.3, -0.25) is 0 Å². The van der Waals surface area contributed by atoms with Crippen molar-refractivity contribution < 1.29 is 66.8 Å². The molecule has 0 spiro atoms. The van der Waals surface area contributed by atoms with Crippen molar-refractivity contribution in [3.05, 3.63) is 26.7 Å². The van der Waals surface area contributed by atoms with Crippen LogP contribution in [0.3, 0.4) is 0 Å². The monoisotopic (exact) mass is 396 g/mol. The third kappa shape index (κ3) is 937. The Bertz CT molecular complexity index is 43.5. The Morgan fingerprint density at radius 3 is 0.706 bits per heavy atom. The normalized spacial score (nSPS) is 5.29. The second-order valence-electron chi connectivity index (χ2n) is 3.71. The molecule has 0 unspecified atom stereocenters. The van der Waals surface area contributed by atoms with Crippen molar-refractivity contribution in [2.75, 3.05) is 0 Å². The van der Waals surface area contributed by atoms with E-state index in [1.54, 1.807) is 0 Å². The van der Waals surface area contributed by atoms with E-state index in [9.17, 15) is 0 Å². The van der Waals surface area contributed by atoms with E-state index >= 15 is 0 Å². The molecule has 0 fully saturated rings. The van der Waals surface area contributed by atoms with Gasteiger partial charge in [0.05, 0.1) is 0 Å². The maximum absolute atomic E-state index is 2.12. The number of hydrogen-bond donors (Lipinski definition) is 0. The fourth-order valence-electron chi connectivity index (χ4n) is 0. The Morgan fingerprint density at radius 1 is 0.706 bits per heavy atom.